The number of piperidine rings is 1. The summed E-state index contributed by atoms with van der Waals surface area (Å²) in [5.41, 5.74) is 10.7. The molecule has 2 aliphatic heterocycles. The van der Waals surface area contributed by atoms with Crippen LogP contribution in [0.15, 0.2) is 11.6 Å². The summed E-state index contributed by atoms with van der Waals surface area (Å²) in [6, 6.07) is 0.466. The van der Waals surface area contributed by atoms with Gasteiger partial charge in [-0.25, -0.2) is 4.79 Å². The van der Waals surface area contributed by atoms with E-state index in [1.165, 1.54) is 19.3 Å². The van der Waals surface area contributed by atoms with Crippen molar-refractivity contribution in [2.24, 2.45) is 29.2 Å². The first-order chi connectivity index (χ1) is 21.7. The summed E-state index contributed by atoms with van der Waals surface area (Å²) in [6.45, 7) is 5.40. The number of hydrogen-bond donors (Lipinski definition) is 5. The van der Waals surface area contributed by atoms with E-state index in [2.05, 4.69) is 29.5 Å². The standard InChI is InChI=1S/C35H57N5O5/c1-3-4-5-11-20-44-32(43)35-31(42)27-15-10-9-14-26(27)30(41)34(35,45-35)18-16-23(2)21-28(24-17-19-38-29(36)22-24)40-33(37)39-25-12-7-6-8-13-25/h16,24-29,38H,3-15,17-22,36H2,1-2H3,(H3,37,39,40)/p+2. The maximum absolute atomic E-state index is 14.1. The lowest BCUT2D eigenvalue weighted by molar-refractivity contribution is -0.699. The van der Waals surface area contributed by atoms with E-state index in [1.807, 2.05) is 6.08 Å². The molecule has 5 aliphatic rings. The number of epoxide rings is 1. The van der Waals surface area contributed by atoms with Gasteiger partial charge in [-0.2, -0.15) is 0 Å². The third-order valence-corrected chi connectivity index (χ3v) is 11.3. The molecule has 7 unspecified atom stereocenters. The number of ketones is 2. The van der Waals surface area contributed by atoms with Crippen LogP contribution in [0.2, 0.25) is 0 Å². The highest BCUT2D eigenvalue weighted by atomic mass is 16.7. The van der Waals surface area contributed by atoms with E-state index in [4.69, 9.17) is 20.9 Å². The summed E-state index contributed by atoms with van der Waals surface area (Å²) in [5, 5.41) is 5.80. The van der Waals surface area contributed by atoms with Gasteiger partial charge < -0.3 is 14.8 Å². The zero-order valence-electron chi connectivity index (χ0n) is 27.7. The molecule has 0 radical (unpaired) electrons. The largest absolute Gasteiger partial charge is 0.463 e. The second-order valence-electron chi connectivity index (χ2n) is 14.6. The van der Waals surface area contributed by atoms with Gasteiger partial charge >= 0.3 is 11.9 Å². The highest BCUT2D eigenvalue weighted by Crippen LogP contribution is 2.61. The number of carbonyl (C=O) groups is 3. The number of nitrogens with two attached hydrogens (primary N) is 3. The van der Waals surface area contributed by atoms with Crippen LogP contribution in [0.5, 0.6) is 0 Å². The maximum Gasteiger partial charge on any atom is 0.349 e. The minimum Gasteiger partial charge on any atom is -0.463 e. The topological polar surface area (TPSA) is 168 Å². The van der Waals surface area contributed by atoms with E-state index in [0.717, 1.165) is 76.3 Å². The third kappa shape index (κ3) is 7.33. The molecule has 0 aromatic rings. The van der Waals surface area contributed by atoms with Crippen molar-refractivity contribution in [3.8, 4) is 0 Å². The Hall–Kier alpha value is -2.30. The van der Waals surface area contributed by atoms with Crippen LogP contribution >= 0.6 is 0 Å². The molecule has 7 atom stereocenters. The minimum atomic E-state index is -1.80. The zero-order chi connectivity index (χ0) is 32.0. The number of quaternary nitrogens is 1. The van der Waals surface area contributed by atoms with Gasteiger partial charge in [-0.3, -0.25) is 31.4 Å². The number of nitrogens with one attached hydrogen (secondary N) is 2. The molecule has 0 aromatic carbocycles. The van der Waals surface area contributed by atoms with Gasteiger partial charge in [-0.15, -0.1) is 0 Å². The Kier molecular flexibility index (Phi) is 11.4. The second kappa shape index (κ2) is 15.1. The lowest BCUT2D eigenvalue weighted by Gasteiger charge is -2.36. The fourth-order valence-corrected chi connectivity index (χ4v) is 8.66. The molecule has 5 rings (SSSR count). The number of carbonyl (C=O) groups excluding carboxylic acids is 3. The molecular weight excluding hydrogens is 570 g/mol. The van der Waals surface area contributed by atoms with E-state index in [0.29, 0.717) is 37.2 Å². The predicted molar refractivity (Wildman–Crippen MR) is 172 cm³/mol. The van der Waals surface area contributed by atoms with Crippen molar-refractivity contribution in [2.45, 2.75) is 152 Å². The molecule has 0 spiro atoms. The molecule has 2 heterocycles. The van der Waals surface area contributed by atoms with E-state index < -0.39 is 23.1 Å². The van der Waals surface area contributed by atoms with Crippen molar-refractivity contribution < 1.29 is 34.2 Å². The molecule has 2 saturated heterocycles. The molecule has 0 bridgehead atoms. The molecule has 8 N–H and O–H groups in total. The number of rotatable bonds is 13. The van der Waals surface area contributed by atoms with Gasteiger partial charge in [-0.1, -0.05) is 69.9 Å². The molecule has 5 fully saturated rings. The van der Waals surface area contributed by atoms with Crippen molar-refractivity contribution in [1.82, 2.24) is 5.32 Å². The quantitative estimate of drug-likeness (QED) is 0.0386. The first-order valence-corrected chi connectivity index (χ1v) is 18.1. The zero-order valence-corrected chi connectivity index (χ0v) is 27.7. The van der Waals surface area contributed by atoms with E-state index in [-0.39, 0.29) is 42.7 Å². The third-order valence-electron chi connectivity index (χ3n) is 11.3. The van der Waals surface area contributed by atoms with E-state index in [1.54, 1.807) is 0 Å². The van der Waals surface area contributed by atoms with Crippen LogP contribution in [0.3, 0.4) is 0 Å². The van der Waals surface area contributed by atoms with Gasteiger partial charge in [0.15, 0.2) is 17.2 Å². The smallest absolute Gasteiger partial charge is 0.349 e. The van der Waals surface area contributed by atoms with Gasteiger partial charge in [0.1, 0.15) is 6.17 Å². The van der Waals surface area contributed by atoms with Gasteiger partial charge in [-0.05, 0) is 39.0 Å². The van der Waals surface area contributed by atoms with Crippen molar-refractivity contribution in [2.75, 3.05) is 13.2 Å². The molecule has 3 aliphatic carbocycles. The average Bonchev–Trinajstić information content (AvgIpc) is 3.75. The predicted octanol–water partition coefficient (Wildman–Crippen LogP) is 1.25. The number of unbranched alkanes of at least 4 members (excludes halogenated alkanes) is 3. The van der Waals surface area contributed by atoms with Crippen molar-refractivity contribution in [1.29, 1.82) is 0 Å². The fraction of sp³-hybridized carbons (Fsp3) is 0.829. The normalized spacial score (nSPS) is 34.9. The molecule has 10 heteroatoms. The Morgan fingerprint density at radius 2 is 1.78 bits per heavy atom. The van der Waals surface area contributed by atoms with Crippen LogP contribution in [0.25, 0.3) is 0 Å². The van der Waals surface area contributed by atoms with E-state index in [9.17, 15) is 14.4 Å². The van der Waals surface area contributed by atoms with Crippen molar-refractivity contribution in [3.63, 3.8) is 0 Å². The number of hydrogen-bond acceptors (Lipinski definition) is 6. The summed E-state index contributed by atoms with van der Waals surface area (Å²) in [7, 11) is 0. The summed E-state index contributed by atoms with van der Waals surface area (Å²) in [6.07, 6.45) is 17.9. The Labute approximate surface area is 269 Å². The molecular formula is C35H59N5O5+2. The second-order valence-corrected chi connectivity index (χ2v) is 14.6. The maximum atomic E-state index is 14.1. The summed E-state index contributed by atoms with van der Waals surface area (Å²) in [4.78, 5) is 45.1. The van der Waals surface area contributed by atoms with E-state index >= 15 is 0 Å². The highest BCUT2D eigenvalue weighted by molar-refractivity contribution is 6.23. The van der Waals surface area contributed by atoms with Gasteiger partial charge in [0.2, 0.25) is 0 Å². The Balaban J connectivity index is 1.32. The first kappa shape index (κ1) is 34.0. The fourth-order valence-electron chi connectivity index (χ4n) is 8.66. The van der Waals surface area contributed by atoms with Gasteiger partial charge in [0.25, 0.3) is 5.60 Å². The SMILES string of the molecule is CCCCCCOC(=O)C12OC1(CC=C(C)CC(NC(N)=[NH+]C1CCCCC1)C1CC[NH2+]C(N)C1)C(=O)C1CCCCC1C2=O. The Bertz CT molecular complexity index is 1140. The van der Waals surface area contributed by atoms with Gasteiger partial charge in [0, 0.05) is 43.4 Å². The summed E-state index contributed by atoms with van der Waals surface area (Å²) >= 11 is 0. The van der Waals surface area contributed by atoms with Crippen LogP contribution in [-0.4, -0.2) is 66.1 Å². The molecule has 0 amide bonds. The molecule has 45 heavy (non-hydrogen) atoms. The lowest BCUT2D eigenvalue weighted by atomic mass is 9.61. The number of Topliss-reactive ketones (excluding diaryl/α,β-unsaturated/α-hetero) is 2. The Morgan fingerprint density at radius 3 is 2.49 bits per heavy atom. The molecule has 3 saturated carbocycles. The monoisotopic (exact) mass is 629 g/mol. The molecule has 0 aromatic heterocycles. The number of esters is 1. The van der Waals surface area contributed by atoms with Crippen LogP contribution < -0.4 is 27.1 Å². The molecule has 10 nitrogen and oxygen atoms in total. The van der Waals surface area contributed by atoms with Crippen LogP contribution in [-0.2, 0) is 23.9 Å². The minimum absolute atomic E-state index is 0.0616. The summed E-state index contributed by atoms with van der Waals surface area (Å²) in [5.74, 6) is -0.855. The first-order valence-electron chi connectivity index (χ1n) is 18.1. The van der Waals surface area contributed by atoms with Crippen LogP contribution in [0.4, 0.5) is 0 Å². The molecule has 252 valence electrons. The highest BCUT2D eigenvalue weighted by Gasteiger charge is 2.86. The average molecular weight is 630 g/mol. The van der Waals surface area contributed by atoms with Crippen LogP contribution in [0, 0.1) is 17.8 Å². The van der Waals surface area contributed by atoms with Gasteiger partial charge in [0.05, 0.1) is 25.2 Å². The van der Waals surface area contributed by atoms with Crippen molar-refractivity contribution in [3.05, 3.63) is 11.6 Å². The van der Waals surface area contributed by atoms with Crippen LogP contribution in [0.1, 0.15) is 123 Å². The number of fused-ring (bicyclic) bond motifs is 2. The Morgan fingerprint density at radius 1 is 1.07 bits per heavy atom. The lowest BCUT2D eigenvalue weighted by Crippen LogP contribution is -2.95. The number of guanidine groups is 1. The number of ether oxygens (including phenoxy) is 2. The van der Waals surface area contributed by atoms with Crippen molar-refractivity contribution >= 4 is 23.5 Å². The summed E-state index contributed by atoms with van der Waals surface area (Å²) < 4.78 is 11.8.